The van der Waals surface area contributed by atoms with E-state index < -0.39 is 0 Å². The molecule has 0 saturated heterocycles. The Morgan fingerprint density at radius 3 is 2.87 bits per heavy atom. The highest BCUT2D eigenvalue weighted by molar-refractivity contribution is 5.94. The number of carbonyl (C=O) groups excluding carboxylic acids is 1. The molecule has 84 valence electrons. The van der Waals surface area contributed by atoms with Gasteiger partial charge in [-0.25, -0.2) is 0 Å². The molecule has 0 aliphatic carbocycles. The van der Waals surface area contributed by atoms with Crippen LogP contribution < -0.4 is 0 Å². The first-order valence-electron chi connectivity index (χ1n) is 5.17. The average Bonchev–Trinajstić information content (AvgIpc) is 2.71. The van der Waals surface area contributed by atoms with Gasteiger partial charge in [0.1, 0.15) is 0 Å². The van der Waals surface area contributed by atoms with Crippen LogP contribution in [-0.4, -0.2) is 42.0 Å². The summed E-state index contributed by atoms with van der Waals surface area (Å²) in [5.74, 6) is 0.343. The Kier molecular flexibility index (Phi) is 5.07. The van der Waals surface area contributed by atoms with E-state index in [1.165, 1.54) is 6.26 Å². The van der Waals surface area contributed by atoms with Crippen molar-refractivity contribution in [1.29, 1.82) is 0 Å². The molecule has 0 unspecified atom stereocenters. The van der Waals surface area contributed by atoms with E-state index in [0.29, 0.717) is 18.8 Å². The number of aliphatic hydroxyl groups is 1. The number of hydrogen-bond donors (Lipinski definition) is 1. The molecule has 0 bridgehead atoms. The highest BCUT2D eigenvalue weighted by Crippen LogP contribution is 2.03. The van der Waals surface area contributed by atoms with Crippen LogP contribution >= 0.6 is 0 Å². The maximum Gasteiger partial charge on any atom is 0.211 e. The number of aliphatic hydroxyl groups excluding tert-OH is 1. The summed E-state index contributed by atoms with van der Waals surface area (Å²) in [4.78, 5) is 13.6. The minimum atomic E-state index is -0.0399. The third-order valence-electron chi connectivity index (χ3n) is 2.12. The SMILES string of the molecule is CCCN(CCO)CC(=O)c1ccco1. The zero-order valence-corrected chi connectivity index (χ0v) is 8.98. The lowest BCUT2D eigenvalue weighted by molar-refractivity contribution is 0.0888. The largest absolute Gasteiger partial charge is 0.461 e. The molecule has 0 aliphatic rings. The lowest BCUT2D eigenvalue weighted by Crippen LogP contribution is -2.33. The van der Waals surface area contributed by atoms with Crippen LogP contribution in [0.2, 0.25) is 0 Å². The molecule has 1 N–H and O–H groups in total. The van der Waals surface area contributed by atoms with Crippen molar-refractivity contribution in [3.05, 3.63) is 24.2 Å². The number of nitrogens with zero attached hydrogens (tertiary/aromatic N) is 1. The smallest absolute Gasteiger partial charge is 0.211 e. The lowest BCUT2D eigenvalue weighted by Gasteiger charge is -2.18. The van der Waals surface area contributed by atoms with Gasteiger partial charge in [-0.2, -0.15) is 0 Å². The van der Waals surface area contributed by atoms with Gasteiger partial charge in [-0.05, 0) is 25.1 Å². The van der Waals surface area contributed by atoms with Crippen LogP contribution in [0.3, 0.4) is 0 Å². The van der Waals surface area contributed by atoms with Crippen LogP contribution in [0.1, 0.15) is 23.9 Å². The summed E-state index contributed by atoms with van der Waals surface area (Å²) in [5, 5.41) is 8.83. The molecule has 0 aliphatic heterocycles. The fourth-order valence-electron chi connectivity index (χ4n) is 1.45. The Hall–Kier alpha value is -1.13. The molecule has 1 rings (SSSR count). The van der Waals surface area contributed by atoms with Crippen molar-refractivity contribution in [1.82, 2.24) is 4.90 Å². The molecule has 0 radical (unpaired) electrons. The standard InChI is InChI=1S/C11H17NO3/c1-2-5-12(6-7-13)9-10(14)11-4-3-8-15-11/h3-4,8,13H,2,5-7,9H2,1H3. The molecule has 0 saturated carbocycles. The van der Waals surface area contributed by atoms with Crippen molar-refractivity contribution in [2.24, 2.45) is 0 Å². The van der Waals surface area contributed by atoms with E-state index in [4.69, 9.17) is 9.52 Å². The number of rotatable bonds is 7. The number of carbonyl (C=O) groups is 1. The first-order chi connectivity index (χ1) is 7.27. The maximum atomic E-state index is 11.6. The molecule has 0 aromatic carbocycles. The van der Waals surface area contributed by atoms with Crippen LogP contribution in [0.4, 0.5) is 0 Å². The van der Waals surface area contributed by atoms with Gasteiger partial charge in [0, 0.05) is 6.54 Å². The van der Waals surface area contributed by atoms with Crippen molar-refractivity contribution in [3.63, 3.8) is 0 Å². The van der Waals surface area contributed by atoms with E-state index in [1.54, 1.807) is 12.1 Å². The molecular formula is C11H17NO3. The van der Waals surface area contributed by atoms with E-state index in [-0.39, 0.29) is 12.4 Å². The van der Waals surface area contributed by atoms with Gasteiger partial charge < -0.3 is 9.52 Å². The first-order valence-corrected chi connectivity index (χ1v) is 5.17. The Morgan fingerprint density at radius 1 is 1.53 bits per heavy atom. The van der Waals surface area contributed by atoms with Gasteiger partial charge >= 0.3 is 0 Å². The van der Waals surface area contributed by atoms with Crippen LogP contribution in [0.15, 0.2) is 22.8 Å². The maximum absolute atomic E-state index is 11.6. The van der Waals surface area contributed by atoms with Crippen molar-refractivity contribution in [2.75, 3.05) is 26.2 Å². The van der Waals surface area contributed by atoms with Gasteiger partial charge in [0.05, 0.1) is 19.4 Å². The summed E-state index contributed by atoms with van der Waals surface area (Å²) in [7, 11) is 0. The highest BCUT2D eigenvalue weighted by Gasteiger charge is 2.13. The number of ketones is 1. The quantitative estimate of drug-likeness (QED) is 0.688. The van der Waals surface area contributed by atoms with Crippen LogP contribution in [0.25, 0.3) is 0 Å². The molecule has 4 nitrogen and oxygen atoms in total. The number of hydrogen-bond acceptors (Lipinski definition) is 4. The van der Waals surface area contributed by atoms with Crippen LogP contribution in [0, 0.1) is 0 Å². The van der Waals surface area contributed by atoms with Crippen LogP contribution in [-0.2, 0) is 0 Å². The van der Waals surface area contributed by atoms with Crippen molar-refractivity contribution < 1.29 is 14.3 Å². The summed E-state index contributed by atoms with van der Waals surface area (Å²) >= 11 is 0. The second-order valence-corrected chi connectivity index (χ2v) is 3.40. The van der Waals surface area contributed by atoms with E-state index in [1.807, 2.05) is 11.8 Å². The van der Waals surface area contributed by atoms with Gasteiger partial charge in [-0.1, -0.05) is 6.92 Å². The molecule has 1 heterocycles. The van der Waals surface area contributed by atoms with E-state index >= 15 is 0 Å². The summed E-state index contributed by atoms with van der Waals surface area (Å²) < 4.78 is 5.01. The molecule has 4 heteroatoms. The molecule has 15 heavy (non-hydrogen) atoms. The molecule has 0 fully saturated rings. The predicted octanol–water partition coefficient (Wildman–Crippen LogP) is 1.17. The summed E-state index contributed by atoms with van der Waals surface area (Å²) in [6.07, 6.45) is 2.45. The Morgan fingerprint density at radius 2 is 2.33 bits per heavy atom. The second kappa shape index (κ2) is 6.37. The fraction of sp³-hybridized carbons (Fsp3) is 0.545. The molecule has 0 atom stereocenters. The topological polar surface area (TPSA) is 53.7 Å². The summed E-state index contributed by atoms with van der Waals surface area (Å²) in [5.41, 5.74) is 0. The Bertz CT molecular complexity index is 276. The highest BCUT2D eigenvalue weighted by atomic mass is 16.3. The molecule has 1 aromatic rings. The molecule has 1 aromatic heterocycles. The Balaban J connectivity index is 2.47. The zero-order chi connectivity index (χ0) is 11.1. The predicted molar refractivity (Wildman–Crippen MR) is 56.9 cm³/mol. The number of Topliss-reactive ketones (excluding diaryl/α,β-unsaturated/α-hetero) is 1. The van der Waals surface area contributed by atoms with Crippen molar-refractivity contribution in [3.8, 4) is 0 Å². The second-order valence-electron chi connectivity index (χ2n) is 3.40. The first kappa shape index (κ1) is 11.9. The van der Waals surface area contributed by atoms with Gasteiger partial charge in [-0.3, -0.25) is 9.69 Å². The summed E-state index contributed by atoms with van der Waals surface area (Å²) in [6, 6.07) is 3.36. The molecular weight excluding hydrogens is 194 g/mol. The van der Waals surface area contributed by atoms with Gasteiger partial charge in [-0.15, -0.1) is 0 Å². The minimum absolute atomic E-state index is 0.0399. The lowest BCUT2D eigenvalue weighted by atomic mass is 10.2. The zero-order valence-electron chi connectivity index (χ0n) is 8.98. The molecule has 0 amide bonds. The third-order valence-corrected chi connectivity index (χ3v) is 2.12. The fourth-order valence-corrected chi connectivity index (χ4v) is 1.45. The Labute approximate surface area is 89.5 Å². The molecule has 0 spiro atoms. The van der Waals surface area contributed by atoms with Gasteiger partial charge in [0.2, 0.25) is 5.78 Å². The van der Waals surface area contributed by atoms with E-state index in [2.05, 4.69) is 0 Å². The van der Waals surface area contributed by atoms with Gasteiger partial charge in [0.25, 0.3) is 0 Å². The minimum Gasteiger partial charge on any atom is -0.461 e. The van der Waals surface area contributed by atoms with Crippen molar-refractivity contribution >= 4 is 5.78 Å². The van der Waals surface area contributed by atoms with E-state index in [9.17, 15) is 4.79 Å². The van der Waals surface area contributed by atoms with Crippen molar-refractivity contribution in [2.45, 2.75) is 13.3 Å². The number of furan rings is 1. The normalized spacial score (nSPS) is 10.9. The summed E-state index contributed by atoms with van der Waals surface area (Å²) in [6.45, 7) is 3.77. The monoisotopic (exact) mass is 211 g/mol. The van der Waals surface area contributed by atoms with Crippen LogP contribution in [0.5, 0.6) is 0 Å². The van der Waals surface area contributed by atoms with E-state index in [0.717, 1.165) is 13.0 Å². The third kappa shape index (κ3) is 3.85. The average molecular weight is 211 g/mol. The van der Waals surface area contributed by atoms with Gasteiger partial charge in [0.15, 0.2) is 5.76 Å².